The number of rotatable bonds is 4. The van der Waals surface area contributed by atoms with Crippen molar-refractivity contribution in [3.8, 4) is 17.0 Å². The third-order valence-corrected chi connectivity index (χ3v) is 4.86. The summed E-state index contributed by atoms with van der Waals surface area (Å²) in [4.78, 5) is 16.7. The Bertz CT molecular complexity index is 875. The minimum absolute atomic E-state index is 0.160. The van der Waals surface area contributed by atoms with Crippen LogP contribution < -0.4 is 10.1 Å². The van der Waals surface area contributed by atoms with Crippen molar-refractivity contribution >= 4 is 38.3 Å². The first-order valence-corrected chi connectivity index (χ1v) is 8.91. The lowest BCUT2D eigenvalue weighted by atomic mass is 10.1. The zero-order chi connectivity index (χ0) is 17.1. The molecule has 0 aliphatic rings. The molecule has 1 N–H and O–H groups in total. The van der Waals surface area contributed by atoms with E-state index < -0.39 is 0 Å². The van der Waals surface area contributed by atoms with Gasteiger partial charge in [-0.15, -0.1) is 11.3 Å². The number of ether oxygens (including phenoxy) is 1. The average Bonchev–Trinajstić information content (AvgIpc) is 3.04. The maximum atomic E-state index is 12.2. The first-order chi connectivity index (χ1) is 11.6. The number of aromatic nitrogens is 1. The molecule has 122 valence electrons. The molecule has 0 bridgehead atoms. The van der Waals surface area contributed by atoms with Crippen molar-refractivity contribution in [3.05, 3.63) is 63.4 Å². The Morgan fingerprint density at radius 1 is 1.21 bits per heavy atom. The minimum atomic E-state index is -0.160. The van der Waals surface area contributed by atoms with Crippen LogP contribution in [0, 0.1) is 6.92 Å². The van der Waals surface area contributed by atoms with E-state index in [-0.39, 0.29) is 5.91 Å². The van der Waals surface area contributed by atoms with Crippen molar-refractivity contribution in [1.82, 2.24) is 4.98 Å². The molecule has 0 aliphatic carbocycles. The molecule has 0 fully saturated rings. The fourth-order valence-corrected chi connectivity index (χ4v) is 3.42. The molecule has 3 aromatic rings. The highest BCUT2D eigenvalue weighted by molar-refractivity contribution is 9.10. The van der Waals surface area contributed by atoms with Gasteiger partial charge in [-0.05, 0) is 53.2 Å². The van der Waals surface area contributed by atoms with E-state index in [2.05, 4.69) is 26.2 Å². The zero-order valence-electron chi connectivity index (χ0n) is 13.2. The maximum absolute atomic E-state index is 12.2. The largest absolute Gasteiger partial charge is 0.496 e. The Kier molecular flexibility index (Phi) is 4.97. The van der Waals surface area contributed by atoms with Crippen LogP contribution in [-0.2, 0) is 0 Å². The number of hydrogen-bond donors (Lipinski definition) is 1. The molecule has 6 heteroatoms. The lowest BCUT2D eigenvalue weighted by Crippen LogP contribution is -2.11. The van der Waals surface area contributed by atoms with Crippen LogP contribution in [0.5, 0.6) is 5.75 Å². The summed E-state index contributed by atoms with van der Waals surface area (Å²) in [5.41, 5.74) is 3.50. The van der Waals surface area contributed by atoms with Gasteiger partial charge in [0.25, 0.3) is 5.91 Å². The van der Waals surface area contributed by atoms with Crippen molar-refractivity contribution in [1.29, 1.82) is 0 Å². The van der Waals surface area contributed by atoms with E-state index in [0.29, 0.717) is 10.7 Å². The summed E-state index contributed by atoms with van der Waals surface area (Å²) in [6.45, 7) is 1.99. The van der Waals surface area contributed by atoms with Crippen LogP contribution in [0.15, 0.2) is 52.3 Å². The number of hydrogen-bond acceptors (Lipinski definition) is 4. The molecule has 0 aliphatic heterocycles. The van der Waals surface area contributed by atoms with E-state index >= 15 is 0 Å². The third kappa shape index (κ3) is 3.66. The number of nitrogens with zero attached hydrogens (tertiary/aromatic N) is 1. The number of methoxy groups -OCH3 is 1. The molecule has 24 heavy (non-hydrogen) atoms. The number of carbonyl (C=O) groups excluding carboxylic acids is 1. The first-order valence-electron chi connectivity index (χ1n) is 7.24. The predicted octanol–water partition coefficient (Wildman–Crippen LogP) is 5.14. The van der Waals surface area contributed by atoms with Gasteiger partial charge in [0, 0.05) is 16.5 Å². The van der Waals surface area contributed by atoms with Crippen LogP contribution in [0.1, 0.15) is 15.9 Å². The normalized spacial score (nSPS) is 10.5. The number of anilines is 1. The van der Waals surface area contributed by atoms with E-state index in [1.165, 1.54) is 11.3 Å². The monoisotopic (exact) mass is 402 g/mol. The molecule has 0 atom stereocenters. The second-order valence-electron chi connectivity index (χ2n) is 5.21. The molecular weight excluding hydrogens is 388 g/mol. The van der Waals surface area contributed by atoms with Gasteiger partial charge in [0.05, 0.1) is 17.3 Å². The van der Waals surface area contributed by atoms with Gasteiger partial charge in [-0.3, -0.25) is 10.1 Å². The van der Waals surface area contributed by atoms with Crippen molar-refractivity contribution in [3.63, 3.8) is 0 Å². The quantitative estimate of drug-likeness (QED) is 0.656. The van der Waals surface area contributed by atoms with Gasteiger partial charge < -0.3 is 4.74 Å². The number of carbonyl (C=O) groups is 1. The molecule has 1 aromatic heterocycles. The van der Waals surface area contributed by atoms with Crippen LogP contribution in [-0.4, -0.2) is 18.0 Å². The lowest BCUT2D eigenvalue weighted by molar-refractivity contribution is 0.102. The molecule has 1 heterocycles. The maximum Gasteiger partial charge on any atom is 0.257 e. The number of amides is 1. The molecule has 1 amide bonds. The molecule has 4 nitrogen and oxygen atoms in total. The van der Waals surface area contributed by atoms with Gasteiger partial charge in [0.1, 0.15) is 5.75 Å². The molecule has 2 aromatic carbocycles. The summed E-state index contributed by atoms with van der Waals surface area (Å²) in [6.07, 6.45) is 0. The molecule has 0 saturated carbocycles. The van der Waals surface area contributed by atoms with Gasteiger partial charge in [0.2, 0.25) is 0 Å². The van der Waals surface area contributed by atoms with E-state index in [0.717, 1.165) is 27.0 Å². The van der Waals surface area contributed by atoms with Gasteiger partial charge in [0.15, 0.2) is 5.13 Å². The van der Waals surface area contributed by atoms with Gasteiger partial charge >= 0.3 is 0 Å². The lowest BCUT2D eigenvalue weighted by Gasteiger charge is -2.04. The van der Waals surface area contributed by atoms with Crippen LogP contribution in [0.3, 0.4) is 0 Å². The molecular formula is C18H15BrN2O2S. The summed E-state index contributed by atoms with van der Waals surface area (Å²) < 4.78 is 6.09. The third-order valence-electron chi connectivity index (χ3n) is 3.49. The Morgan fingerprint density at radius 3 is 2.62 bits per heavy atom. The molecule has 0 unspecified atom stereocenters. The highest BCUT2D eigenvalue weighted by atomic mass is 79.9. The second kappa shape index (κ2) is 7.15. The summed E-state index contributed by atoms with van der Waals surface area (Å²) in [6, 6.07) is 13.2. The summed E-state index contributed by atoms with van der Waals surface area (Å²) in [5, 5.41) is 5.32. The van der Waals surface area contributed by atoms with Crippen LogP contribution in [0.2, 0.25) is 0 Å². The van der Waals surface area contributed by atoms with E-state index in [1.807, 2.05) is 42.6 Å². The van der Waals surface area contributed by atoms with Crippen molar-refractivity contribution in [2.45, 2.75) is 6.92 Å². The molecule has 0 saturated heterocycles. The second-order valence-corrected chi connectivity index (χ2v) is 6.92. The highest BCUT2D eigenvalue weighted by Gasteiger charge is 2.11. The topological polar surface area (TPSA) is 51.2 Å². The van der Waals surface area contributed by atoms with Gasteiger partial charge in [-0.25, -0.2) is 4.98 Å². The summed E-state index contributed by atoms with van der Waals surface area (Å²) >= 11 is 4.87. The number of aryl methyl sites for hydroxylation is 1. The molecule has 0 spiro atoms. The Morgan fingerprint density at radius 2 is 1.96 bits per heavy atom. The standard InChI is InChI=1S/C18H15BrN2O2S/c1-11-3-5-12(6-4-11)17(22)21-18-20-15(10-24-18)13-7-8-16(23-2)14(19)9-13/h3-10H,1-2H3,(H,20,21,22). The number of nitrogens with one attached hydrogen (secondary N) is 1. The van der Waals surface area contributed by atoms with E-state index in [9.17, 15) is 4.79 Å². The zero-order valence-corrected chi connectivity index (χ0v) is 15.6. The minimum Gasteiger partial charge on any atom is -0.496 e. The Balaban J connectivity index is 1.77. The molecule has 3 rings (SSSR count). The summed E-state index contributed by atoms with van der Waals surface area (Å²) in [5.74, 6) is 0.605. The van der Waals surface area contributed by atoms with Crippen molar-refractivity contribution < 1.29 is 9.53 Å². The van der Waals surface area contributed by atoms with E-state index in [4.69, 9.17) is 4.74 Å². The van der Waals surface area contributed by atoms with E-state index in [1.54, 1.807) is 19.2 Å². The number of halogens is 1. The molecule has 0 radical (unpaired) electrons. The summed E-state index contributed by atoms with van der Waals surface area (Å²) in [7, 11) is 1.63. The fraction of sp³-hybridized carbons (Fsp3) is 0.111. The van der Waals surface area contributed by atoms with Crippen LogP contribution >= 0.6 is 27.3 Å². The van der Waals surface area contributed by atoms with Crippen molar-refractivity contribution in [2.24, 2.45) is 0 Å². The predicted molar refractivity (Wildman–Crippen MR) is 101 cm³/mol. The Labute approximate surface area is 152 Å². The van der Waals surface area contributed by atoms with Crippen LogP contribution in [0.25, 0.3) is 11.3 Å². The SMILES string of the molecule is COc1ccc(-c2csc(NC(=O)c3ccc(C)cc3)n2)cc1Br. The van der Waals surface area contributed by atoms with Crippen molar-refractivity contribution in [2.75, 3.05) is 12.4 Å². The van der Waals surface area contributed by atoms with Gasteiger partial charge in [-0.2, -0.15) is 0 Å². The number of benzene rings is 2. The fourth-order valence-electron chi connectivity index (χ4n) is 2.16. The van der Waals surface area contributed by atoms with Crippen LogP contribution in [0.4, 0.5) is 5.13 Å². The Hall–Kier alpha value is -2.18. The first kappa shape index (κ1) is 16.7. The van der Waals surface area contributed by atoms with Gasteiger partial charge in [-0.1, -0.05) is 17.7 Å². The average molecular weight is 403 g/mol. The smallest absolute Gasteiger partial charge is 0.257 e. The highest BCUT2D eigenvalue weighted by Crippen LogP contribution is 2.32. The number of thiazole rings is 1.